The smallest absolute Gasteiger partial charge is 0.244 e. The van der Waals surface area contributed by atoms with Crippen LogP contribution in [0.25, 0.3) is 0 Å². The van der Waals surface area contributed by atoms with Crippen molar-refractivity contribution in [2.75, 3.05) is 0 Å². The maximum atomic E-state index is 11.8. The van der Waals surface area contributed by atoms with Gasteiger partial charge in [0.15, 0.2) is 0 Å². The van der Waals surface area contributed by atoms with Gasteiger partial charge in [-0.2, -0.15) is 0 Å². The Morgan fingerprint density at radius 3 is 1.58 bits per heavy atom. The van der Waals surface area contributed by atoms with E-state index in [2.05, 4.69) is 27.7 Å². The third-order valence-electron chi connectivity index (χ3n) is 2.94. The van der Waals surface area contributed by atoms with E-state index < -0.39 is 7.37 Å². The Balaban J connectivity index is 3.86. The Morgan fingerprint density at radius 1 is 0.895 bits per heavy atom. The van der Waals surface area contributed by atoms with Gasteiger partial charge in [0.1, 0.15) is 0 Å². The average molecular weight is 286 g/mol. The molecule has 112 valence electrons. The quantitative estimate of drug-likeness (QED) is 0.399. The van der Waals surface area contributed by atoms with E-state index in [1.807, 2.05) is 12.2 Å². The highest BCUT2D eigenvalue weighted by atomic mass is 31.2. The van der Waals surface area contributed by atoms with E-state index >= 15 is 0 Å². The van der Waals surface area contributed by atoms with E-state index in [0.717, 1.165) is 25.7 Å². The molecule has 1 N–H and O–H groups in total. The molecule has 0 aliphatic heterocycles. The van der Waals surface area contributed by atoms with Crippen LogP contribution in [0.4, 0.5) is 0 Å². The molecule has 0 rings (SSSR count). The number of hydrogen-bond donors (Lipinski definition) is 1. The highest BCUT2D eigenvalue weighted by Gasteiger charge is 2.06. The lowest BCUT2D eigenvalue weighted by atomic mass is 10.1. The van der Waals surface area contributed by atoms with Crippen molar-refractivity contribution in [3.63, 3.8) is 0 Å². The Kier molecular flexibility index (Phi) is 10.3. The fourth-order valence-corrected chi connectivity index (χ4v) is 2.79. The molecule has 0 heterocycles. The topological polar surface area (TPSA) is 37.3 Å². The minimum Gasteiger partial charge on any atom is -0.339 e. The molecule has 0 unspecified atom stereocenters. The normalized spacial score (nSPS) is 15.9. The lowest BCUT2D eigenvalue weighted by Crippen LogP contribution is -1.85. The molecule has 19 heavy (non-hydrogen) atoms. The fraction of sp³-hybridized carbons (Fsp3) is 0.750. The van der Waals surface area contributed by atoms with Crippen LogP contribution in [0.1, 0.15) is 66.2 Å². The first-order valence-corrected chi connectivity index (χ1v) is 9.31. The molecule has 0 saturated carbocycles. The Morgan fingerprint density at radius 2 is 1.26 bits per heavy atom. The molecule has 0 spiro atoms. The highest BCUT2D eigenvalue weighted by molar-refractivity contribution is 7.64. The van der Waals surface area contributed by atoms with Crippen LogP contribution in [0, 0.1) is 11.8 Å². The van der Waals surface area contributed by atoms with Crippen molar-refractivity contribution in [2.24, 2.45) is 11.8 Å². The van der Waals surface area contributed by atoms with Crippen molar-refractivity contribution < 1.29 is 9.46 Å². The highest BCUT2D eigenvalue weighted by Crippen LogP contribution is 2.44. The van der Waals surface area contributed by atoms with Gasteiger partial charge in [-0.15, -0.1) is 0 Å². The van der Waals surface area contributed by atoms with E-state index in [0.29, 0.717) is 11.8 Å². The molecule has 0 amide bonds. The van der Waals surface area contributed by atoms with Gasteiger partial charge < -0.3 is 4.89 Å². The zero-order chi connectivity index (χ0) is 14.7. The van der Waals surface area contributed by atoms with Crippen molar-refractivity contribution in [1.82, 2.24) is 0 Å². The largest absolute Gasteiger partial charge is 0.339 e. The second kappa shape index (κ2) is 10.5. The number of hydrogen-bond acceptors (Lipinski definition) is 1. The summed E-state index contributed by atoms with van der Waals surface area (Å²) in [5.74, 6) is 4.36. The van der Waals surface area contributed by atoms with Gasteiger partial charge in [-0.05, 0) is 37.5 Å². The van der Waals surface area contributed by atoms with Crippen molar-refractivity contribution in [1.29, 1.82) is 0 Å². The van der Waals surface area contributed by atoms with E-state index in [1.54, 1.807) is 0 Å². The van der Waals surface area contributed by atoms with Gasteiger partial charge in [0, 0.05) is 11.6 Å². The van der Waals surface area contributed by atoms with Crippen molar-refractivity contribution in [3.05, 3.63) is 23.8 Å². The molecular formula is C16H31O2P. The van der Waals surface area contributed by atoms with Crippen LogP contribution in [0.5, 0.6) is 0 Å². The summed E-state index contributed by atoms with van der Waals surface area (Å²) in [6, 6.07) is 0. The molecule has 0 aromatic heterocycles. The summed E-state index contributed by atoms with van der Waals surface area (Å²) in [7, 11) is -3.18. The molecule has 0 aromatic rings. The van der Waals surface area contributed by atoms with Crippen LogP contribution in [0.2, 0.25) is 0 Å². The minimum absolute atomic E-state index is 0.704. The van der Waals surface area contributed by atoms with Crippen LogP contribution >= 0.6 is 7.37 Å². The van der Waals surface area contributed by atoms with Gasteiger partial charge in [-0.3, -0.25) is 4.57 Å². The summed E-state index contributed by atoms with van der Waals surface area (Å²) in [5, 5.41) is 0. The maximum Gasteiger partial charge on any atom is 0.244 e. The standard InChI is InChI=1S/C16H31O2P/c1-15(2)11-7-5-9-13-19(17,18)14-10-6-8-12-16(3)4/h9-10,13-16H,5-8,11-12H2,1-4H3,(H,17,18). The molecule has 0 aliphatic carbocycles. The molecule has 0 bridgehead atoms. The predicted molar refractivity (Wildman–Crippen MR) is 85.5 cm³/mol. The summed E-state index contributed by atoms with van der Waals surface area (Å²) in [6.45, 7) is 8.78. The van der Waals surface area contributed by atoms with Crippen LogP contribution in [-0.4, -0.2) is 4.89 Å². The SMILES string of the molecule is CC(C)CCCC=CP(=O)(O)C=CCCCC(C)C. The first-order valence-electron chi connectivity index (χ1n) is 7.51. The van der Waals surface area contributed by atoms with Crippen LogP contribution in [0.3, 0.4) is 0 Å². The van der Waals surface area contributed by atoms with Gasteiger partial charge in [-0.1, -0.05) is 52.7 Å². The van der Waals surface area contributed by atoms with Crippen LogP contribution in [0.15, 0.2) is 23.8 Å². The summed E-state index contributed by atoms with van der Waals surface area (Å²) in [6.07, 6.45) is 10.0. The molecular weight excluding hydrogens is 255 g/mol. The summed E-state index contributed by atoms with van der Waals surface area (Å²) in [4.78, 5) is 9.71. The van der Waals surface area contributed by atoms with E-state index in [1.165, 1.54) is 24.5 Å². The molecule has 0 saturated heterocycles. The second-order valence-electron chi connectivity index (χ2n) is 6.09. The Labute approximate surface area is 119 Å². The predicted octanol–water partition coefficient (Wildman–Crippen LogP) is 5.94. The third kappa shape index (κ3) is 13.9. The number of allylic oxidation sites excluding steroid dienone is 2. The molecule has 0 aromatic carbocycles. The molecule has 3 heteroatoms. The average Bonchev–Trinajstić information content (AvgIpc) is 2.27. The third-order valence-corrected chi connectivity index (χ3v) is 4.22. The van der Waals surface area contributed by atoms with Crippen molar-refractivity contribution in [3.8, 4) is 0 Å². The first kappa shape index (κ1) is 18.7. The van der Waals surface area contributed by atoms with Gasteiger partial charge in [0.25, 0.3) is 0 Å². The first-order chi connectivity index (χ1) is 8.83. The van der Waals surface area contributed by atoms with E-state index in [9.17, 15) is 9.46 Å². The van der Waals surface area contributed by atoms with E-state index in [-0.39, 0.29) is 0 Å². The summed E-state index contributed by atoms with van der Waals surface area (Å²) >= 11 is 0. The molecule has 0 fully saturated rings. The molecule has 0 radical (unpaired) electrons. The monoisotopic (exact) mass is 286 g/mol. The lowest BCUT2D eigenvalue weighted by molar-refractivity contribution is 0.498. The minimum atomic E-state index is -3.18. The molecule has 0 atom stereocenters. The van der Waals surface area contributed by atoms with Gasteiger partial charge in [0.05, 0.1) is 0 Å². The fourth-order valence-electron chi connectivity index (χ4n) is 1.79. The number of rotatable bonds is 10. The van der Waals surface area contributed by atoms with Crippen molar-refractivity contribution in [2.45, 2.75) is 66.2 Å². The van der Waals surface area contributed by atoms with Gasteiger partial charge in [0.2, 0.25) is 7.37 Å². The van der Waals surface area contributed by atoms with Crippen LogP contribution in [-0.2, 0) is 4.57 Å². The Bertz CT molecular complexity index is 289. The summed E-state index contributed by atoms with van der Waals surface area (Å²) in [5.41, 5.74) is 0. The lowest BCUT2D eigenvalue weighted by Gasteiger charge is -2.03. The van der Waals surface area contributed by atoms with Crippen molar-refractivity contribution >= 4 is 7.37 Å². The maximum absolute atomic E-state index is 11.8. The van der Waals surface area contributed by atoms with Crippen LogP contribution < -0.4 is 0 Å². The molecule has 2 nitrogen and oxygen atoms in total. The van der Waals surface area contributed by atoms with Gasteiger partial charge >= 0.3 is 0 Å². The number of unbranched alkanes of at least 4 members (excludes halogenated alkanes) is 2. The zero-order valence-electron chi connectivity index (χ0n) is 13.0. The zero-order valence-corrected chi connectivity index (χ0v) is 13.9. The molecule has 0 aliphatic rings. The Hall–Kier alpha value is -0.330. The van der Waals surface area contributed by atoms with Gasteiger partial charge in [-0.25, -0.2) is 0 Å². The summed E-state index contributed by atoms with van der Waals surface area (Å²) < 4.78 is 11.8. The second-order valence-corrected chi connectivity index (χ2v) is 8.03. The van der Waals surface area contributed by atoms with E-state index in [4.69, 9.17) is 0 Å².